The molecule has 0 spiro atoms. The zero-order chi connectivity index (χ0) is 20.0. The van der Waals surface area contributed by atoms with Crippen molar-refractivity contribution >= 4 is 17.9 Å². The van der Waals surface area contributed by atoms with Gasteiger partial charge in [0.05, 0.1) is 0 Å². The number of piperidine rings is 1. The van der Waals surface area contributed by atoms with Gasteiger partial charge in [0.25, 0.3) is 0 Å². The summed E-state index contributed by atoms with van der Waals surface area (Å²) in [7, 11) is 0. The van der Waals surface area contributed by atoms with Crippen LogP contribution in [0.1, 0.15) is 50.5 Å². The number of carbonyl (C=O) groups excluding carboxylic acids is 2. The van der Waals surface area contributed by atoms with Crippen molar-refractivity contribution in [2.45, 2.75) is 57.0 Å². The number of rotatable bonds is 6. The highest BCUT2D eigenvalue weighted by Crippen LogP contribution is 2.33. The van der Waals surface area contributed by atoms with E-state index in [4.69, 9.17) is 5.11 Å². The molecule has 1 aromatic carbocycles. The molecule has 1 aliphatic heterocycles. The van der Waals surface area contributed by atoms with E-state index >= 15 is 0 Å². The van der Waals surface area contributed by atoms with Crippen LogP contribution in [0.25, 0.3) is 0 Å². The van der Waals surface area contributed by atoms with Gasteiger partial charge in [0, 0.05) is 26.1 Å². The van der Waals surface area contributed by atoms with Crippen molar-refractivity contribution in [3.63, 3.8) is 0 Å². The highest BCUT2D eigenvalue weighted by atomic mass is 16.4. The first kappa shape index (κ1) is 20.2. The number of urea groups is 1. The van der Waals surface area contributed by atoms with E-state index in [-0.39, 0.29) is 24.3 Å². The molecule has 1 saturated heterocycles. The van der Waals surface area contributed by atoms with Crippen LogP contribution in [-0.4, -0.2) is 46.5 Å². The Labute approximate surface area is 165 Å². The molecule has 0 unspecified atom stereocenters. The molecule has 0 aromatic heterocycles. The first-order valence-corrected chi connectivity index (χ1v) is 10.1. The summed E-state index contributed by atoms with van der Waals surface area (Å²) >= 11 is 0. The summed E-state index contributed by atoms with van der Waals surface area (Å²) < 4.78 is 0. The minimum atomic E-state index is -0.833. The standard InChI is InChI=1S/C21H29N3O4/c25-18(26)14-16-8-12-24(13-9-16)19(27)21(10-4-5-11-21)23-20(28)22-15-17-6-2-1-3-7-17/h1-3,6-7,16H,4-5,8-15H2,(H,25,26)(H2,22,23,28). The third-order valence-corrected chi connectivity index (χ3v) is 5.88. The maximum absolute atomic E-state index is 13.2. The fourth-order valence-electron chi connectivity index (χ4n) is 4.30. The average Bonchev–Trinajstić information content (AvgIpc) is 3.16. The summed E-state index contributed by atoms with van der Waals surface area (Å²) in [4.78, 5) is 38.4. The predicted molar refractivity (Wildman–Crippen MR) is 105 cm³/mol. The van der Waals surface area contributed by atoms with Crippen molar-refractivity contribution < 1.29 is 19.5 Å². The summed E-state index contributed by atoms with van der Waals surface area (Å²) in [6, 6.07) is 9.33. The summed E-state index contributed by atoms with van der Waals surface area (Å²) in [6.45, 7) is 1.54. The Balaban J connectivity index is 1.56. The lowest BCUT2D eigenvalue weighted by atomic mass is 9.90. The van der Waals surface area contributed by atoms with E-state index in [1.165, 1.54) is 0 Å². The minimum absolute atomic E-state index is 0.0198. The fraction of sp³-hybridized carbons (Fsp3) is 0.571. The molecule has 0 radical (unpaired) electrons. The van der Waals surface area contributed by atoms with Gasteiger partial charge in [0.15, 0.2) is 0 Å². The molecule has 3 N–H and O–H groups in total. The molecule has 152 valence electrons. The molecule has 7 nitrogen and oxygen atoms in total. The molecule has 28 heavy (non-hydrogen) atoms. The van der Waals surface area contributed by atoms with Crippen LogP contribution in [-0.2, 0) is 16.1 Å². The van der Waals surface area contributed by atoms with E-state index in [9.17, 15) is 14.4 Å². The average molecular weight is 387 g/mol. The number of amides is 3. The zero-order valence-electron chi connectivity index (χ0n) is 16.2. The van der Waals surface area contributed by atoms with Gasteiger partial charge in [0.1, 0.15) is 5.54 Å². The Morgan fingerprint density at radius 2 is 1.71 bits per heavy atom. The molecule has 2 fully saturated rings. The number of carboxylic acid groups (broad SMARTS) is 1. The van der Waals surface area contributed by atoms with Gasteiger partial charge in [-0.15, -0.1) is 0 Å². The number of hydrogen-bond donors (Lipinski definition) is 3. The van der Waals surface area contributed by atoms with E-state index < -0.39 is 11.5 Å². The van der Waals surface area contributed by atoms with Gasteiger partial charge in [0.2, 0.25) is 5.91 Å². The van der Waals surface area contributed by atoms with Gasteiger partial charge in [-0.1, -0.05) is 43.2 Å². The molecular formula is C21H29N3O4. The topological polar surface area (TPSA) is 98.7 Å². The Kier molecular flexibility index (Phi) is 6.54. The minimum Gasteiger partial charge on any atom is -0.481 e. The monoisotopic (exact) mass is 387 g/mol. The second-order valence-electron chi connectivity index (χ2n) is 7.92. The number of carbonyl (C=O) groups is 3. The van der Waals surface area contributed by atoms with Crippen LogP contribution in [0.4, 0.5) is 4.79 Å². The molecule has 3 amide bonds. The molecule has 1 aromatic rings. The fourth-order valence-corrected chi connectivity index (χ4v) is 4.30. The van der Waals surface area contributed by atoms with Crippen molar-refractivity contribution in [2.24, 2.45) is 5.92 Å². The predicted octanol–water partition coefficient (Wildman–Crippen LogP) is 2.51. The highest BCUT2D eigenvalue weighted by molar-refractivity contribution is 5.91. The van der Waals surface area contributed by atoms with Gasteiger partial charge < -0.3 is 20.6 Å². The van der Waals surface area contributed by atoms with Crippen LogP contribution in [0.2, 0.25) is 0 Å². The molecule has 0 atom stereocenters. The first-order valence-electron chi connectivity index (χ1n) is 10.1. The van der Waals surface area contributed by atoms with E-state index in [1.807, 2.05) is 30.3 Å². The SMILES string of the molecule is O=C(O)CC1CCN(C(=O)C2(NC(=O)NCc3ccccc3)CCCC2)CC1. The Hall–Kier alpha value is -2.57. The summed E-state index contributed by atoms with van der Waals surface area (Å²) in [5.41, 5.74) is 0.172. The maximum atomic E-state index is 13.2. The molecule has 3 rings (SSSR count). The van der Waals surface area contributed by atoms with Crippen molar-refractivity contribution in [3.05, 3.63) is 35.9 Å². The number of benzene rings is 1. The van der Waals surface area contributed by atoms with Gasteiger partial charge in [-0.3, -0.25) is 9.59 Å². The van der Waals surface area contributed by atoms with Gasteiger partial charge in [-0.25, -0.2) is 4.79 Å². The molecular weight excluding hydrogens is 358 g/mol. The van der Waals surface area contributed by atoms with E-state index in [1.54, 1.807) is 4.90 Å². The summed E-state index contributed by atoms with van der Waals surface area (Å²) in [5, 5.41) is 14.8. The molecule has 1 saturated carbocycles. The summed E-state index contributed by atoms with van der Waals surface area (Å²) in [5.74, 6) is -0.675. The Morgan fingerprint density at radius 1 is 1.07 bits per heavy atom. The maximum Gasteiger partial charge on any atom is 0.315 e. The van der Waals surface area contributed by atoms with Crippen molar-refractivity contribution in [2.75, 3.05) is 13.1 Å². The normalized spacial score (nSPS) is 19.2. The Bertz CT molecular complexity index is 693. The number of carboxylic acids is 1. The van der Waals surface area contributed by atoms with E-state index in [0.29, 0.717) is 45.3 Å². The van der Waals surface area contributed by atoms with Crippen LogP contribution >= 0.6 is 0 Å². The van der Waals surface area contributed by atoms with Crippen LogP contribution in [0.3, 0.4) is 0 Å². The lowest BCUT2D eigenvalue weighted by Crippen LogP contribution is -2.60. The number of aliphatic carboxylic acids is 1. The third-order valence-electron chi connectivity index (χ3n) is 5.88. The molecule has 0 bridgehead atoms. The molecule has 1 aliphatic carbocycles. The highest BCUT2D eigenvalue weighted by Gasteiger charge is 2.45. The van der Waals surface area contributed by atoms with Crippen molar-refractivity contribution in [1.82, 2.24) is 15.5 Å². The molecule has 1 heterocycles. The van der Waals surface area contributed by atoms with Crippen LogP contribution < -0.4 is 10.6 Å². The van der Waals surface area contributed by atoms with Crippen LogP contribution in [0.5, 0.6) is 0 Å². The van der Waals surface area contributed by atoms with Crippen LogP contribution in [0.15, 0.2) is 30.3 Å². The molecule has 7 heteroatoms. The third kappa shape index (κ3) is 5.03. The summed E-state index contributed by atoms with van der Waals surface area (Å²) in [6.07, 6.45) is 4.70. The first-order chi connectivity index (χ1) is 13.5. The zero-order valence-corrected chi connectivity index (χ0v) is 16.2. The number of hydrogen-bond acceptors (Lipinski definition) is 3. The molecule has 2 aliphatic rings. The van der Waals surface area contributed by atoms with E-state index in [2.05, 4.69) is 10.6 Å². The van der Waals surface area contributed by atoms with Crippen LogP contribution in [0, 0.1) is 5.92 Å². The number of nitrogens with zero attached hydrogens (tertiary/aromatic N) is 1. The Morgan fingerprint density at radius 3 is 2.32 bits per heavy atom. The van der Waals surface area contributed by atoms with Crippen molar-refractivity contribution in [1.29, 1.82) is 0 Å². The van der Waals surface area contributed by atoms with Gasteiger partial charge >= 0.3 is 12.0 Å². The smallest absolute Gasteiger partial charge is 0.315 e. The largest absolute Gasteiger partial charge is 0.481 e. The van der Waals surface area contributed by atoms with Gasteiger partial charge in [-0.05, 0) is 37.2 Å². The number of nitrogens with one attached hydrogen (secondary N) is 2. The van der Waals surface area contributed by atoms with E-state index in [0.717, 1.165) is 18.4 Å². The quantitative estimate of drug-likeness (QED) is 0.698. The van der Waals surface area contributed by atoms with Crippen molar-refractivity contribution in [3.8, 4) is 0 Å². The lowest BCUT2D eigenvalue weighted by Gasteiger charge is -2.38. The van der Waals surface area contributed by atoms with Gasteiger partial charge in [-0.2, -0.15) is 0 Å². The lowest BCUT2D eigenvalue weighted by molar-refractivity contribution is -0.140. The number of likely N-dealkylation sites (tertiary alicyclic amines) is 1. The second-order valence-corrected chi connectivity index (χ2v) is 7.92. The second kappa shape index (κ2) is 9.08.